The molecule has 0 spiro atoms. The zero-order valence-electron chi connectivity index (χ0n) is 16.9. The number of hydrogen-bond donors (Lipinski definition) is 0. The second-order valence-electron chi connectivity index (χ2n) is 7.55. The van der Waals surface area contributed by atoms with E-state index in [1.165, 1.54) is 4.57 Å². The van der Waals surface area contributed by atoms with E-state index in [-0.39, 0.29) is 17.3 Å². The molecular weight excluding hydrogens is 368 g/mol. The third-order valence-corrected chi connectivity index (χ3v) is 5.80. The average molecular weight is 394 g/mol. The van der Waals surface area contributed by atoms with E-state index in [9.17, 15) is 9.59 Å². The topological polar surface area (TPSA) is 62.5 Å². The monoisotopic (exact) mass is 394 g/mol. The Hall–Kier alpha value is -3.02. The Morgan fingerprint density at radius 3 is 2.24 bits per heavy atom. The molecule has 3 aromatic rings. The van der Waals surface area contributed by atoms with Gasteiger partial charge in [0.1, 0.15) is 0 Å². The molecule has 2 aromatic carbocycles. The molecule has 1 saturated carbocycles. The fourth-order valence-electron chi connectivity index (χ4n) is 4.29. The molecule has 152 valence electrons. The van der Waals surface area contributed by atoms with E-state index < -0.39 is 0 Å². The van der Waals surface area contributed by atoms with Crippen LogP contribution in [0.1, 0.15) is 43.7 Å². The fourth-order valence-corrected chi connectivity index (χ4v) is 4.29. The standard InChI is InChI=1S/C23H26N2O4/c1-28-20-13-18-19(14-21(20)29-2)24(15-16-9-5-3-6-10-16)23(27)25(22(18)26)17-11-7-4-8-12-17/h3,5-6,9-10,13-14,17H,4,7-8,11-12,15H2,1-2H3. The van der Waals surface area contributed by atoms with Crippen LogP contribution in [0.2, 0.25) is 0 Å². The average Bonchev–Trinajstić information content (AvgIpc) is 2.77. The van der Waals surface area contributed by atoms with Gasteiger partial charge in [-0.15, -0.1) is 0 Å². The minimum Gasteiger partial charge on any atom is -0.493 e. The van der Waals surface area contributed by atoms with E-state index in [4.69, 9.17) is 9.47 Å². The summed E-state index contributed by atoms with van der Waals surface area (Å²) in [5.74, 6) is 0.980. The number of nitrogens with zero attached hydrogens (tertiary/aromatic N) is 2. The Balaban J connectivity index is 2.01. The van der Waals surface area contributed by atoms with Gasteiger partial charge in [0.2, 0.25) is 0 Å². The van der Waals surface area contributed by atoms with Crippen molar-refractivity contribution in [2.45, 2.75) is 44.7 Å². The molecule has 0 N–H and O–H groups in total. The highest BCUT2D eigenvalue weighted by molar-refractivity contribution is 5.82. The quantitative estimate of drug-likeness (QED) is 0.661. The number of ether oxygens (including phenoxy) is 2. The molecule has 6 heteroatoms. The van der Waals surface area contributed by atoms with Crippen molar-refractivity contribution in [2.75, 3.05) is 14.2 Å². The Morgan fingerprint density at radius 2 is 1.59 bits per heavy atom. The first-order valence-corrected chi connectivity index (χ1v) is 10.1. The number of aromatic nitrogens is 2. The highest BCUT2D eigenvalue weighted by Gasteiger charge is 2.23. The molecule has 1 aromatic heterocycles. The molecule has 0 saturated heterocycles. The third-order valence-electron chi connectivity index (χ3n) is 5.80. The predicted octanol–water partition coefficient (Wildman–Crippen LogP) is 3.73. The normalized spacial score (nSPS) is 14.8. The van der Waals surface area contributed by atoms with Crippen molar-refractivity contribution in [3.05, 3.63) is 68.9 Å². The van der Waals surface area contributed by atoms with Crippen molar-refractivity contribution >= 4 is 10.9 Å². The lowest BCUT2D eigenvalue weighted by Gasteiger charge is -2.25. The SMILES string of the molecule is COc1cc2c(=O)n(C3CCCCC3)c(=O)n(Cc3ccccc3)c2cc1OC. The van der Waals surface area contributed by atoms with Crippen molar-refractivity contribution in [1.29, 1.82) is 0 Å². The molecule has 0 unspecified atom stereocenters. The molecular formula is C23H26N2O4. The van der Waals surface area contributed by atoms with Gasteiger partial charge in [-0.2, -0.15) is 0 Å². The highest BCUT2D eigenvalue weighted by atomic mass is 16.5. The maximum atomic E-state index is 13.5. The molecule has 1 fully saturated rings. The molecule has 0 bridgehead atoms. The zero-order chi connectivity index (χ0) is 20.4. The van der Waals surface area contributed by atoms with Crippen LogP contribution < -0.4 is 20.7 Å². The van der Waals surface area contributed by atoms with Gasteiger partial charge >= 0.3 is 5.69 Å². The van der Waals surface area contributed by atoms with E-state index in [1.54, 1.807) is 30.9 Å². The van der Waals surface area contributed by atoms with Gasteiger partial charge in [0.05, 0.1) is 31.7 Å². The van der Waals surface area contributed by atoms with Gasteiger partial charge in [-0.05, 0) is 24.5 Å². The van der Waals surface area contributed by atoms with Crippen LogP contribution in [0, 0.1) is 0 Å². The van der Waals surface area contributed by atoms with Crippen molar-refractivity contribution < 1.29 is 9.47 Å². The van der Waals surface area contributed by atoms with Crippen molar-refractivity contribution in [2.24, 2.45) is 0 Å². The van der Waals surface area contributed by atoms with E-state index in [0.29, 0.717) is 28.9 Å². The lowest BCUT2D eigenvalue weighted by atomic mass is 9.95. The first kappa shape index (κ1) is 19.3. The van der Waals surface area contributed by atoms with E-state index in [1.807, 2.05) is 30.3 Å². The lowest BCUT2D eigenvalue weighted by molar-refractivity contribution is 0.332. The van der Waals surface area contributed by atoms with Crippen LogP contribution in [-0.2, 0) is 6.54 Å². The van der Waals surface area contributed by atoms with Crippen molar-refractivity contribution in [1.82, 2.24) is 9.13 Å². The van der Waals surface area contributed by atoms with Gasteiger partial charge < -0.3 is 9.47 Å². The summed E-state index contributed by atoms with van der Waals surface area (Å²) >= 11 is 0. The van der Waals surface area contributed by atoms with Gasteiger partial charge in [0.15, 0.2) is 11.5 Å². The minimum atomic E-state index is -0.259. The summed E-state index contributed by atoms with van der Waals surface area (Å²) in [5.41, 5.74) is 1.06. The Labute approximate surface area is 169 Å². The molecule has 0 radical (unpaired) electrons. The smallest absolute Gasteiger partial charge is 0.332 e. The fraction of sp³-hybridized carbons (Fsp3) is 0.391. The first-order chi connectivity index (χ1) is 14.1. The Morgan fingerprint density at radius 1 is 0.931 bits per heavy atom. The summed E-state index contributed by atoms with van der Waals surface area (Å²) in [5, 5.41) is 0.476. The largest absolute Gasteiger partial charge is 0.493 e. The van der Waals surface area contributed by atoms with Crippen LogP contribution >= 0.6 is 0 Å². The summed E-state index contributed by atoms with van der Waals surface area (Å²) < 4.78 is 14.0. The van der Waals surface area contributed by atoms with Crippen LogP contribution in [0.3, 0.4) is 0 Å². The molecule has 6 nitrogen and oxygen atoms in total. The summed E-state index contributed by atoms with van der Waals surface area (Å²) in [6, 6.07) is 13.2. The molecule has 1 aliphatic carbocycles. The second kappa shape index (κ2) is 8.15. The number of rotatable bonds is 5. The molecule has 29 heavy (non-hydrogen) atoms. The van der Waals surface area contributed by atoms with E-state index >= 15 is 0 Å². The van der Waals surface area contributed by atoms with E-state index in [2.05, 4.69) is 0 Å². The van der Waals surface area contributed by atoms with Crippen molar-refractivity contribution in [3.63, 3.8) is 0 Å². The molecule has 1 heterocycles. The van der Waals surface area contributed by atoms with Crippen LogP contribution in [0.5, 0.6) is 11.5 Å². The molecule has 0 atom stereocenters. The minimum absolute atomic E-state index is 0.0525. The van der Waals surface area contributed by atoms with Crippen molar-refractivity contribution in [3.8, 4) is 11.5 Å². The maximum Gasteiger partial charge on any atom is 0.332 e. The number of hydrogen-bond acceptors (Lipinski definition) is 4. The van der Waals surface area contributed by atoms with Gasteiger partial charge in [-0.3, -0.25) is 13.9 Å². The lowest BCUT2D eigenvalue weighted by Crippen LogP contribution is -2.43. The first-order valence-electron chi connectivity index (χ1n) is 10.1. The summed E-state index contributed by atoms with van der Waals surface area (Å²) in [6.07, 6.45) is 4.96. The van der Waals surface area contributed by atoms with Crippen LogP contribution in [0.25, 0.3) is 10.9 Å². The summed E-state index contributed by atoms with van der Waals surface area (Å²) in [6.45, 7) is 0.388. The summed E-state index contributed by atoms with van der Waals surface area (Å²) in [4.78, 5) is 26.9. The van der Waals surface area contributed by atoms with Crippen LogP contribution in [-0.4, -0.2) is 23.4 Å². The predicted molar refractivity (Wildman–Crippen MR) is 113 cm³/mol. The third kappa shape index (κ3) is 3.55. The Kier molecular flexibility index (Phi) is 5.43. The summed E-state index contributed by atoms with van der Waals surface area (Å²) in [7, 11) is 3.09. The zero-order valence-corrected chi connectivity index (χ0v) is 16.9. The van der Waals surface area contributed by atoms with Gasteiger partial charge in [-0.25, -0.2) is 4.79 Å². The van der Waals surface area contributed by atoms with Gasteiger partial charge in [-0.1, -0.05) is 49.6 Å². The van der Waals surface area contributed by atoms with Crippen LogP contribution in [0.15, 0.2) is 52.1 Å². The second-order valence-corrected chi connectivity index (χ2v) is 7.55. The molecule has 0 amide bonds. The molecule has 1 aliphatic rings. The molecule has 0 aliphatic heterocycles. The molecule has 4 rings (SSSR count). The highest BCUT2D eigenvalue weighted by Crippen LogP contribution is 2.32. The van der Waals surface area contributed by atoms with E-state index in [0.717, 1.165) is 37.7 Å². The van der Waals surface area contributed by atoms with Gasteiger partial charge in [0.25, 0.3) is 5.56 Å². The maximum absolute atomic E-state index is 13.5. The van der Waals surface area contributed by atoms with Gasteiger partial charge in [0, 0.05) is 12.1 Å². The van der Waals surface area contributed by atoms with Crippen LogP contribution in [0.4, 0.5) is 0 Å². The Bertz CT molecular complexity index is 1130. The number of benzene rings is 2. The number of methoxy groups -OCH3 is 2. The number of fused-ring (bicyclic) bond motifs is 1.